The van der Waals surface area contributed by atoms with E-state index in [0.29, 0.717) is 16.3 Å². The maximum absolute atomic E-state index is 13.6. The Kier molecular flexibility index (Phi) is 6.33. The zero-order chi connectivity index (χ0) is 19.9. The average Bonchev–Trinajstić information content (AvgIpc) is 2.73. The third kappa shape index (κ3) is 4.92. The van der Waals surface area contributed by atoms with Crippen molar-refractivity contribution in [1.29, 1.82) is 0 Å². The van der Waals surface area contributed by atoms with E-state index < -0.39 is 11.7 Å². The molecule has 0 bridgehead atoms. The number of Topliss-reactive ketones (excluding diaryl/α,β-unsaturated/α-hetero) is 1. The molecule has 0 saturated heterocycles. The number of nitrogens with zero attached hydrogens (tertiary/aromatic N) is 2. The first-order valence-electron chi connectivity index (χ1n) is 8.26. The molecule has 142 valence electrons. The number of anilines is 1. The average molecular weight is 397 g/mol. The van der Waals surface area contributed by atoms with Gasteiger partial charge in [-0.05, 0) is 48.5 Å². The van der Waals surface area contributed by atoms with Gasteiger partial charge in [-0.25, -0.2) is 4.39 Å². The Bertz CT molecular complexity index is 979. The van der Waals surface area contributed by atoms with E-state index in [9.17, 15) is 14.0 Å². The van der Waals surface area contributed by atoms with Gasteiger partial charge in [0.05, 0.1) is 18.4 Å². The number of nitrogens with one attached hydrogen (secondary N) is 1. The minimum absolute atomic E-state index is 0.0496. The van der Waals surface area contributed by atoms with Crippen LogP contribution in [0.2, 0.25) is 0 Å². The Morgan fingerprint density at radius 1 is 1.04 bits per heavy atom. The molecule has 0 aliphatic carbocycles. The first kappa shape index (κ1) is 19.5. The Balaban J connectivity index is 1.56. The molecule has 28 heavy (non-hydrogen) atoms. The third-order valence-electron chi connectivity index (χ3n) is 3.76. The zero-order valence-electron chi connectivity index (χ0n) is 14.9. The monoisotopic (exact) mass is 397 g/mol. The fraction of sp³-hybridized carbons (Fsp3) is 0.100. The first-order valence-corrected chi connectivity index (χ1v) is 9.25. The molecule has 1 amide bonds. The molecule has 8 heteroatoms. The van der Waals surface area contributed by atoms with E-state index in [4.69, 9.17) is 4.74 Å². The van der Waals surface area contributed by atoms with Gasteiger partial charge < -0.3 is 10.1 Å². The number of halogens is 1. The second-order valence-corrected chi connectivity index (χ2v) is 6.63. The maximum atomic E-state index is 13.6. The molecule has 0 radical (unpaired) electrons. The smallest absolute Gasteiger partial charge is 0.259 e. The van der Waals surface area contributed by atoms with Crippen molar-refractivity contribution < 1.29 is 18.7 Å². The molecular weight excluding hydrogens is 381 g/mol. The van der Waals surface area contributed by atoms with Crippen LogP contribution in [0.4, 0.5) is 10.2 Å². The highest BCUT2D eigenvalue weighted by Gasteiger charge is 2.12. The van der Waals surface area contributed by atoms with Crippen LogP contribution in [0.25, 0.3) is 0 Å². The lowest BCUT2D eigenvalue weighted by atomic mass is 10.1. The number of ketones is 1. The van der Waals surface area contributed by atoms with Gasteiger partial charge in [0.2, 0.25) is 0 Å². The number of carbonyl (C=O) groups is 2. The Hall–Kier alpha value is -3.26. The van der Waals surface area contributed by atoms with E-state index in [1.807, 2.05) is 0 Å². The fourth-order valence-corrected chi connectivity index (χ4v) is 3.00. The molecule has 3 rings (SSSR count). The molecule has 6 nitrogen and oxygen atoms in total. The minimum atomic E-state index is -0.614. The van der Waals surface area contributed by atoms with Crippen LogP contribution in [-0.4, -0.2) is 34.8 Å². The Morgan fingerprint density at radius 3 is 2.43 bits per heavy atom. The van der Waals surface area contributed by atoms with Crippen molar-refractivity contribution in [2.45, 2.75) is 5.03 Å². The molecule has 1 aromatic heterocycles. The van der Waals surface area contributed by atoms with Crippen molar-refractivity contribution in [3.63, 3.8) is 0 Å². The van der Waals surface area contributed by atoms with Crippen LogP contribution in [0, 0.1) is 5.82 Å². The summed E-state index contributed by atoms with van der Waals surface area (Å²) in [4.78, 5) is 24.3. The van der Waals surface area contributed by atoms with Crippen LogP contribution in [-0.2, 0) is 0 Å². The number of methoxy groups -OCH3 is 1. The van der Waals surface area contributed by atoms with Crippen molar-refractivity contribution in [2.24, 2.45) is 0 Å². The SMILES string of the molecule is COc1ccc(C(=O)CSc2ccc(NC(=O)c3ccccc3F)nn2)cc1. The lowest BCUT2D eigenvalue weighted by Crippen LogP contribution is -2.15. The molecule has 0 unspecified atom stereocenters. The van der Waals surface area contributed by atoms with Crippen LogP contribution in [0.3, 0.4) is 0 Å². The normalized spacial score (nSPS) is 10.4. The van der Waals surface area contributed by atoms with Gasteiger partial charge in [-0.3, -0.25) is 9.59 Å². The van der Waals surface area contributed by atoms with Gasteiger partial charge in [0.1, 0.15) is 16.6 Å². The molecule has 0 fully saturated rings. The topological polar surface area (TPSA) is 81.2 Å². The van der Waals surface area contributed by atoms with Crippen LogP contribution in [0.5, 0.6) is 5.75 Å². The number of benzene rings is 2. The van der Waals surface area contributed by atoms with Crippen molar-refractivity contribution in [3.05, 3.63) is 77.6 Å². The highest BCUT2D eigenvalue weighted by atomic mass is 32.2. The van der Waals surface area contributed by atoms with Crippen molar-refractivity contribution in [2.75, 3.05) is 18.2 Å². The quantitative estimate of drug-likeness (QED) is 0.482. The number of amides is 1. The number of thioether (sulfide) groups is 1. The number of rotatable bonds is 7. The molecule has 0 aliphatic heterocycles. The lowest BCUT2D eigenvalue weighted by Gasteiger charge is -2.06. The summed E-state index contributed by atoms with van der Waals surface area (Å²) in [5.74, 6) is -0.199. The third-order valence-corrected chi connectivity index (χ3v) is 4.68. The highest BCUT2D eigenvalue weighted by molar-refractivity contribution is 7.99. The van der Waals surface area contributed by atoms with Crippen molar-refractivity contribution >= 4 is 29.3 Å². The summed E-state index contributed by atoms with van der Waals surface area (Å²) in [6.07, 6.45) is 0. The molecule has 0 aliphatic rings. The maximum Gasteiger partial charge on any atom is 0.259 e. The first-order chi connectivity index (χ1) is 13.6. The summed E-state index contributed by atoms with van der Waals surface area (Å²) >= 11 is 1.23. The van der Waals surface area contributed by atoms with E-state index in [0.717, 1.165) is 0 Å². The predicted octanol–water partition coefficient (Wildman–Crippen LogP) is 3.85. The van der Waals surface area contributed by atoms with Gasteiger partial charge in [-0.1, -0.05) is 23.9 Å². The van der Waals surface area contributed by atoms with Crippen molar-refractivity contribution in [3.8, 4) is 5.75 Å². The number of hydrogen-bond donors (Lipinski definition) is 1. The number of ether oxygens (including phenoxy) is 1. The highest BCUT2D eigenvalue weighted by Crippen LogP contribution is 2.19. The molecule has 1 heterocycles. The van der Waals surface area contributed by atoms with Crippen LogP contribution in [0.15, 0.2) is 65.7 Å². The largest absolute Gasteiger partial charge is 0.497 e. The van der Waals surface area contributed by atoms with Gasteiger partial charge >= 0.3 is 0 Å². The number of hydrogen-bond acceptors (Lipinski definition) is 6. The Labute approximate surface area is 165 Å². The summed E-state index contributed by atoms with van der Waals surface area (Å²) < 4.78 is 18.7. The zero-order valence-corrected chi connectivity index (χ0v) is 15.7. The number of aromatic nitrogens is 2. The second kappa shape index (κ2) is 9.09. The molecular formula is C20H16FN3O3S. The fourth-order valence-electron chi connectivity index (χ4n) is 2.29. The van der Waals surface area contributed by atoms with Gasteiger partial charge in [-0.2, -0.15) is 0 Å². The molecule has 1 N–H and O–H groups in total. The van der Waals surface area contributed by atoms with Crippen LogP contribution >= 0.6 is 11.8 Å². The van der Waals surface area contributed by atoms with E-state index >= 15 is 0 Å². The standard InChI is InChI=1S/C20H16FN3O3S/c1-27-14-8-6-13(7-9-14)17(25)12-28-19-11-10-18(23-24-19)22-20(26)15-4-2-3-5-16(15)21/h2-11H,12H2,1H3,(H,22,23,26). The molecule has 0 spiro atoms. The Morgan fingerprint density at radius 2 is 1.79 bits per heavy atom. The van der Waals surface area contributed by atoms with E-state index in [1.54, 1.807) is 49.6 Å². The minimum Gasteiger partial charge on any atom is -0.497 e. The summed E-state index contributed by atoms with van der Waals surface area (Å²) in [6, 6.07) is 15.7. The molecule has 2 aromatic carbocycles. The van der Waals surface area contributed by atoms with E-state index in [1.165, 1.54) is 30.0 Å². The van der Waals surface area contributed by atoms with Crippen LogP contribution in [0.1, 0.15) is 20.7 Å². The lowest BCUT2D eigenvalue weighted by molar-refractivity contribution is 0.101. The molecule has 3 aromatic rings. The van der Waals surface area contributed by atoms with Crippen molar-refractivity contribution in [1.82, 2.24) is 10.2 Å². The summed E-state index contributed by atoms with van der Waals surface area (Å²) in [5, 5.41) is 10.9. The van der Waals surface area contributed by atoms with E-state index in [-0.39, 0.29) is 22.9 Å². The summed E-state index contributed by atoms with van der Waals surface area (Å²) in [6.45, 7) is 0. The molecule has 0 saturated carbocycles. The van der Waals surface area contributed by atoms with Gasteiger partial charge in [-0.15, -0.1) is 10.2 Å². The van der Waals surface area contributed by atoms with E-state index in [2.05, 4.69) is 15.5 Å². The molecule has 0 atom stereocenters. The van der Waals surface area contributed by atoms with Gasteiger partial charge in [0.25, 0.3) is 5.91 Å². The summed E-state index contributed by atoms with van der Waals surface area (Å²) in [7, 11) is 1.56. The number of carbonyl (C=O) groups excluding carboxylic acids is 2. The van der Waals surface area contributed by atoms with Gasteiger partial charge in [0, 0.05) is 5.56 Å². The summed E-state index contributed by atoms with van der Waals surface area (Å²) in [5.41, 5.74) is 0.503. The van der Waals surface area contributed by atoms with Gasteiger partial charge in [0.15, 0.2) is 11.6 Å². The predicted molar refractivity (Wildman–Crippen MR) is 104 cm³/mol. The second-order valence-electron chi connectivity index (χ2n) is 5.63. The van der Waals surface area contributed by atoms with Crippen LogP contribution < -0.4 is 10.1 Å².